The highest BCUT2D eigenvalue weighted by molar-refractivity contribution is 7.90. The highest BCUT2D eigenvalue weighted by Crippen LogP contribution is 2.10. The van der Waals surface area contributed by atoms with Crippen LogP contribution in [0.2, 0.25) is 0 Å². The minimum Gasteiger partial charge on any atom is -0.480 e. The smallest absolute Gasteiger partial charge is 0.408 e. The first kappa shape index (κ1) is 27.2. The highest BCUT2D eigenvalue weighted by Gasteiger charge is 2.23. The van der Waals surface area contributed by atoms with Crippen LogP contribution in [0.5, 0.6) is 0 Å². The summed E-state index contributed by atoms with van der Waals surface area (Å²) in [6.07, 6.45) is -0.482. The number of hydrogen-bond donors (Lipinski definition) is 5. The van der Waals surface area contributed by atoms with Gasteiger partial charge < -0.3 is 26.2 Å². The van der Waals surface area contributed by atoms with E-state index in [0.29, 0.717) is 0 Å². The van der Waals surface area contributed by atoms with Crippen molar-refractivity contribution in [2.24, 2.45) is 10.7 Å². The molecule has 0 aliphatic rings. The molecule has 1 amide bonds. The number of nitrogens with one attached hydrogen (secondary N) is 3. The maximum Gasteiger partial charge on any atom is 0.408 e. The lowest BCUT2D eigenvalue weighted by Crippen LogP contribution is -2.44. The van der Waals surface area contributed by atoms with Gasteiger partial charge in [-0.05, 0) is 52.7 Å². The first-order valence-electron chi connectivity index (χ1n) is 10.1. The molecule has 1 atom stereocenters. The quantitative estimate of drug-likeness (QED) is 0.190. The van der Waals surface area contributed by atoms with Crippen molar-refractivity contribution in [2.45, 2.75) is 57.1 Å². The molecule has 1 aromatic rings. The number of amides is 1. The predicted molar refractivity (Wildman–Crippen MR) is 121 cm³/mol. The summed E-state index contributed by atoms with van der Waals surface area (Å²) in [5, 5.41) is 14.4. The SMILES string of the molecule is Cc1ccc(S(=O)(=O)NC(=NCCC[C@H](NC(=O)OC(C)(C)C)C(=O)O)NCCN)cc1. The van der Waals surface area contributed by atoms with E-state index in [1.54, 1.807) is 32.9 Å². The van der Waals surface area contributed by atoms with Gasteiger partial charge >= 0.3 is 12.1 Å². The second kappa shape index (κ2) is 12.2. The standard InChI is InChI=1S/C20H33N5O6S/c1-14-7-9-15(10-8-14)32(29,30)25-18(23-13-11-21)22-12-5-6-16(17(26)27)24-19(28)31-20(2,3)4/h7-10,16H,5-6,11-13,21H2,1-4H3,(H,24,28)(H,26,27)(H2,22,23,25)/t16-/m0/s1. The summed E-state index contributed by atoms with van der Waals surface area (Å²) in [5.74, 6) is -1.20. The minimum absolute atomic E-state index is 0.00278. The second-order valence-electron chi connectivity index (χ2n) is 8.04. The van der Waals surface area contributed by atoms with Crippen LogP contribution in [0.1, 0.15) is 39.2 Å². The normalized spacial score (nSPS) is 13.2. The van der Waals surface area contributed by atoms with Crippen LogP contribution in [0.15, 0.2) is 34.2 Å². The van der Waals surface area contributed by atoms with E-state index in [1.807, 2.05) is 6.92 Å². The van der Waals surface area contributed by atoms with Gasteiger partial charge in [-0.25, -0.2) is 22.7 Å². The van der Waals surface area contributed by atoms with Crippen LogP contribution in [-0.4, -0.2) is 62.8 Å². The predicted octanol–water partition coefficient (Wildman–Crippen LogP) is 0.936. The van der Waals surface area contributed by atoms with Crippen molar-refractivity contribution in [1.29, 1.82) is 0 Å². The molecule has 0 fully saturated rings. The van der Waals surface area contributed by atoms with E-state index in [0.717, 1.165) is 5.56 Å². The Morgan fingerprint density at radius 2 is 1.84 bits per heavy atom. The monoisotopic (exact) mass is 471 g/mol. The number of aryl methyl sites for hydroxylation is 1. The van der Waals surface area contributed by atoms with Crippen LogP contribution in [-0.2, 0) is 19.6 Å². The van der Waals surface area contributed by atoms with Gasteiger partial charge in [-0.15, -0.1) is 0 Å². The van der Waals surface area contributed by atoms with E-state index in [-0.39, 0.29) is 43.3 Å². The minimum atomic E-state index is -3.86. The van der Waals surface area contributed by atoms with Gasteiger partial charge in [0.25, 0.3) is 10.0 Å². The van der Waals surface area contributed by atoms with E-state index in [9.17, 15) is 23.1 Å². The summed E-state index contributed by atoms with van der Waals surface area (Å²) in [6, 6.07) is 5.17. The van der Waals surface area contributed by atoms with Crippen molar-refractivity contribution in [1.82, 2.24) is 15.4 Å². The van der Waals surface area contributed by atoms with Gasteiger partial charge in [-0.1, -0.05) is 17.7 Å². The van der Waals surface area contributed by atoms with Gasteiger partial charge in [0.1, 0.15) is 11.6 Å². The number of rotatable bonds is 10. The van der Waals surface area contributed by atoms with Crippen molar-refractivity contribution in [3.8, 4) is 0 Å². The van der Waals surface area contributed by atoms with E-state index in [2.05, 4.69) is 20.3 Å². The van der Waals surface area contributed by atoms with E-state index < -0.39 is 33.7 Å². The van der Waals surface area contributed by atoms with Gasteiger partial charge in [0.15, 0.2) is 0 Å². The fourth-order valence-corrected chi connectivity index (χ4v) is 3.42. The number of ether oxygens (including phenoxy) is 1. The number of benzene rings is 1. The zero-order chi connectivity index (χ0) is 24.4. The second-order valence-corrected chi connectivity index (χ2v) is 9.73. The average molecular weight is 472 g/mol. The number of aliphatic imine (C=N–C) groups is 1. The van der Waals surface area contributed by atoms with Crippen LogP contribution in [0.4, 0.5) is 4.79 Å². The zero-order valence-corrected chi connectivity index (χ0v) is 19.7. The van der Waals surface area contributed by atoms with Crippen LogP contribution in [0.3, 0.4) is 0 Å². The molecule has 0 unspecified atom stereocenters. The summed E-state index contributed by atoms with van der Waals surface area (Å²) in [5.41, 5.74) is 5.64. The molecule has 6 N–H and O–H groups in total. The summed E-state index contributed by atoms with van der Waals surface area (Å²) in [7, 11) is -3.86. The van der Waals surface area contributed by atoms with Crippen LogP contribution < -0.4 is 21.1 Å². The van der Waals surface area contributed by atoms with Gasteiger partial charge in [-0.3, -0.25) is 4.99 Å². The maximum absolute atomic E-state index is 12.6. The number of carbonyl (C=O) groups is 2. The summed E-state index contributed by atoms with van der Waals surface area (Å²) in [4.78, 5) is 27.5. The molecule has 0 bridgehead atoms. The Bertz CT molecular complexity index is 894. The van der Waals surface area contributed by atoms with Crippen LogP contribution in [0, 0.1) is 6.92 Å². The number of aliphatic carboxylic acids is 1. The molecule has 11 nitrogen and oxygen atoms in total. The molecule has 12 heteroatoms. The molecular formula is C20H33N5O6S. The maximum atomic E-state index is 12.6. The molecule has 0 aromatic heterocycles. The first-order valence-corrected chi connectivity index (χ1v) is 11.6. The molecule has 0 aliphatic heterocycles. The zero-order valence-electron chi connectivity index (χ0n) is 18.8. The van der Waals surface area contributed by atoms with E-state index in [1.165, 1.54) is 12.1 Å². The Morgan fingerprint density at radius 3 is 2.38 bits per heavy atom. The van der Waals surface area contributed by atoms with Crippen molar-refractivity contribution in [2.75, 3.05) is 19.6 Å². The number of nitrogens with zero attached hydrogens (tertiary/aromatic N) is 1. The largest absolute Gasteiger partial charge is 0.480 e. The van der Waals surface area contributed by atoms with Gasteiger partial charge in [0.05, 0.1) is 4.90 Å². The summed E-state index contributed by atoms with van der Waals surface area (Å²) in [6.45, 7) is 7.52. The number of hydrogen-bond acceptors (Lipinski definition) is 7. The fraction of sp³-hybridized carbons (Fsp3) is 0.550. The van der Waals surface area contributed by atoms with Gasteiger partial charge in [-0.2, -0.15) is 0 Å². The number of carboxylic acid groups (broad SMARTS) is 1. The Balaban J connectivity index is 2.75. The van der Waals surface area contributed by atoms with Crippen molar-refractivity contribution < 1.29 is 27.9 Å². The van der Waals surface area contributed by atoms with E-state index in [4.69, 9.17) is 10.5 Å². The molecular weight excluding hydrogens is 438 g/mol. The third kappa shape index (κ3) is 10.4. The summed E-state index contributed by atoms with van der Waals surface area (Å²) >= 11 is 0. The number of sulfonamides is 1. The third-order valence-corrected chi connectivity index (χ3v) is 5.26. The third-order valence-electron chi connectivity index (χ3n) is 3.91. The molecule has 1 rings (SSSR count). The summed E-state index contributed by atoms with van der Waals surface area (Å²) < 4.78 is 32.6. The van der Waals surface area contributed by atoms with Crippen LogP contribution >= 0.6 is 0 Å². The highest BCUT2D eigenvalue weighted by atomic mass is 32.2. The Labute approximate surface area is 188 Å². The van der Waals surface area contributed by atoms with E-state index >= 15 is 0 Å². The van der Waals surface area contributed by atoms with Crippen LogP contribution in [0.25, 0.3) is 0 Å². The topological polar surface area (TPSA) is 172 Å². The number of nitrogens with two attached hydrogens (primary N) is 1. The van der Waals surface area contributed by atoms with Gasteiger partial charge in [0.2, 0.25) is 5.96 Å². The number of alkyl carbamates (subject to hydrolysis) is 1. The fourth-order valence-electron chi connectivity index (χ4n) is 2.41. The molecule has 180 valence electrons. The molecule has 0 aliphatic carbocycles. The van der Waals surface area contributed by atoms with Crippen molar-refractivity contribution >= 4 is 28.0 Å². The molecule has 1 aromatic carbocycles. The molecule has 0 spiro atoms. The first-order chi connectivity index (χ1) is 14.8. The molecule has 0 saturated carbocycles. The molecule has 0 saturated heterocycles. The van der Waals surface area contributed by atoms with Crippen molar-refractivity contribution in [3.05, 3.63) is 29.8 Å². The molecule has 32 heavy (non-hydrogen) atoms. The Kier molecular flexibility index (Phi) is 10.4. The number of carboxylic acids is 1. The number of carbonyl (C=O) groups excluding carboxylic acids is 1. The molecule has 0 heterocycles. The van der Waals surface area contributed by atoms with Crippen molar-refractivity contribution in [3.63, 3.8) is 0 Å². The number of guanidine groups is 1. The van der Waals surface area contributed by atoms with Gasteiger partial charge in [0, 0.05) is 19.6 Å². The Hall–Kier alpha value is -2.86. The lowest BCUT2D eigenvalue weighted by molar-refractivity contribution is -0.139. The Morgan fingerprint density at radius 1 is 1.22 bits per heavy atom. The lowest BCUT2D eigenvalue weighted by atomic mass is 10.1. The molecule has 0 radical (unpaired) electrons. The average Bonchev–Trinajstić information content (AvgIpc) is 2.66. The lowest BCUT2D eigenvalue weighted by Gasteiger charge is -2.21.